The second-order valence-corrected chi connectivity index (χ2v) is 8.31. The van der Waals surface area contributed by atoms with Crippen molar-refractivity contribution in [2.75, 3.05) is 14.1 Å². The minimum Gasteiger partial charge on any atom is -0.429 e. The average molecular weight is 557 g/mol. The zero-order valence-corrected chi connectivity index (χ0v) is 20.1. The van der Waals surface area contributed by atoms with E-state index in [-0.39, 0.29) is 22.3 Å². The molecule has 1 aliphatic carbocycles. The number of benzene rings is 1. The quantitative estimate of drug-likeness (QED) is 0.268. The van der Waals surface area contributed by atoms with Crippen LogP contribution in [0.25, 0.3) is 16.9 Å². The fourth-order valence-electron chi connectivity index (χ4n) is 3.55. The van der Waals surface area contributed by atoms with Crippen LogP contribution in [-0.4, -0.2) is 64.6 Å². The van der Waals surface area contributed by atoms with E-state index in [1.54, 1.807) is 0 Å². The topological polar surface area (TPSA) is 131 Å². The Hall–Kier alpha value is -4.60. The maximum absolute atomic E-state index is 13.8. The lowest BCUT2D eigenvalue weighted by molar-refractivity contribution is -0.250. The summed E-state index contributed by atoms with van der Waals surface area (Å²) in [6.07, 6.45) is -3.29. The number of halogens is 7. The van der Waals surface area contributed by atoms with Crippen molar-refractivity contribution in [1.82, 2.24) is 20.0 Å². The van der Waals surface area contributed by atoms with Crippen LogP contribution in [0.4, 0.5) is 30.7 Å². The predicted octanol–water partition coefficient (Wildman–Crippen LogP) is 4.35. The molecule has 0 atom stereocenters. The highest BCUT2D eigenvalue weighted by atomic mass is 19.4. The SMILES string of the molecule is CN/C(=C(/OC(F)F)C(=N)C(F)(F)C(F)(F)F)n1cc(-c2ccc(C#N)c(C(=O)N(C)C3(C#N)CC3)c2)cn1. The summed E-state index contributed by atoms with van der Waals surface area (Å²) in [6, 6.07) is 7.87. The van der Waals surface area contributed by atoms with Crippen molar-refractivity contribution >= 4 is 17.4 Å². The number of ether oxygens (including phenoxy) is 1. The lowest BCUT2D eigenvalue weighted by atomic mass is 10.00. The van der Waals surface area contributed by atoms with E-state index >= 15 is 0 Å². The molecule has 2 N–H and O–H groups in total. The van der Waals surface area contributed by atoms with Crippen LogP contribution in [0.1, 0.15) is 28.8 Å². The van der Waals surface area contributed by atoms with Crippen molar-refractivity contribution in [2.45, 2.75) is 37.1 Å². The molecular weight excluding hydrogens is 539 g/mol. The van der Waals surface area contributed by atoms with Crippen LogP contribution in [0.3, 0.4) is 0 Å². The molecule has 206 valence electrons. The number of amides is 1. The Kier molecular flexibility index (Phi) is 7.63. The monoisotopic (exact) mass is 557 g/mol. The van der Waals surface area contributed by atoms with E-state index in [0.29, 0.717) is 17.5 Å². The van der Waals surface area contributed by atoms with Crippen LogP contribution >= 0.6 is 0 Å². The van der Waals surface area contributed by atoms with Crippen molar-refractivity contribution in [3.05, 3.63) is 47.5 Å². The Morgan fingerprint density at radius 1 is 1.23 bits per heavy atom. The van der Waals surface area contributed by atoms with Gasteiger partial charge in [0.1, 0.15) is 5.54 Å². The summed E-state index contributed by atoms with van der Waals surface area (Å²) < 4.78 is 96.5. The lowest BCUT2D eigenvalue weighted by Gasteiger charge is -2.23. The van der Waals surface area contributed by atoms with Gasteiger partial charge in [-0.05, 0) is 30.5 Å². The van der Waals surface area contributed by atoms with E-state index in [1.807, 2.05) is 6.07 Å². The molecule has 3 rings (SSSR count). The number of nitriles is 2. The highest BCUT2D eigenvalue weighted by Crippen LogP contribution is 2.41. The molecule has 1 aromatic heterocycles. The third-order valence-corrected chi connectivity index (χ3v) is 5.95. The second kappa shape index (κ2) is 10.3. The zero-order valence-electron chi connectivity index (χ0n) is 20.1. The minimum absolute atomic E-state index is 0.0250. The molecule has 0 spiro atoms. The van der Waals surface area contributed by atoms with Crippen LogP contribution in [0.2, 0.25) is 0 Å². The van der Waals surface area contributed by atoms with Gasteiger partial charge in [0, 0.05) is 25.9 Å². The number of aromatic nitrogens is 2. The summed E-state index contributed by atoms with van der Waals surface area (Å²) in [5, 5.41) is 32.1. The summed E-state index contributed by atoms with van der Waals surface area (Å²) in [6.45, 7) is -3.87. The van der Waals surface area contributed by atoms with Crippen molar-refractivity contribution in [3.8, 4) is 23.3 Å². The molecule has 0 radical (unpaired) electrons. The van der Waals surface area contributed by atoms with Gasteiger partial charge in [0.15, 0.2) is 17.3 Å². The second-order valence-electron chi connectivity index (χ2n) is 8.31. The Labute approximate surface area is 216 Å². The third-order valence-electron chi connectivity index (χ3n) is 5.95. The van der Waals surface area contributed by atoms with Crippen LogP contribution < -0.4 is 5.32 Å². The largest absolute Gasteiger partial charge is 0.459 e. The fourth-order valence-corrected chi connectivity index (χ4v) is 3.55. The number of nitrogens with one attached hydrogen (secondary N) is 2. The van der Waals surface area contributed by atoms with E-state index in [4.69, 9.17) is 5.41 Å². The van der Waals surface area contributed by atoms with Crippen molar-refractivity contribution in [3.63, 3.8) is 0 Å². The van der Waals surface area contributed by atoms with Crippen LogP contribution in [-0.2, 0) is 4.74 Å². The number of allylic oxidation sites excluding steroid dienone is 1. The molecule has 1 saturated carbocycles. The van der Waals surface area contributed by atoms with E-state index < -0.39 is 47.4 Å². The van der Waals surface area contributed by atoms with E-state index in [1.165, 1.54) is 30.1 Å². The average Bonchev–Trinajstić information content (AvgIpc) is 3.54. The summed E-state index contributed by atoms with van der Waals surface area (Å²) in [5.74, 6) is -9.23. The first-order valence-corrected chi connectivity index (χ1v) is 10.8. The minimum atomic E-state index is -6.28. The van der Waals surface area contributed by atoms with Gasteiger partial charge >= 0.3 is 18.7 Å². The summed E-state index contributed by atoms with van der Waals surface area (Å²) in [4.78, 5) is 14.3. The van der Waals surface area contributed by atoms with Gasteiger partial charge < -0.3 is 15.0 Å². The predicted molar refractivity (Wildman–Crippen MR) is 120 cm³/mol. The number of hydrogen-bond donors (Lipinski definition) is 2. The van der Waals surface area contributed by atoms with Crippen LogP contribution in [0.5, 0.6) is 0 Å². The molecule has 16 heteroatoms. The molecule has 0 unspecified atom stereocenters. The number of carbonyl (C=O) groups excluding carboxylic acids is 1. The zero-order chi connectivity index (χ0) is 29.3. The maximum atomic E-state index is 13.8. The maximum Gasteiger partial charge on any atom is 0.459 e. The Morgan fingerprint density at radius 3 is 2.36 bits per heavy atom. The first kappa shape index (κ1) is 29.0. The van der Waals surface area contributed by atoms with Gasteiger partial charge in [0.2, 0.25) is 0 Å². The van der Waals surface area contributed by atoms with E-state index in [9.17, 15) is 46.1 Å². The number of rotatable bonds is 9. The first-order chi connectivity index (χ1) is 18.1. The Balaban J connectivity index is 2.08. The highest BCUT2D eigenvalue weighted by Gasteiger charge is 2.62. The number of nitrogens with zero attached hydrogens (tertiary/aromatic N) is 5. The van der Waals surface area contributed by atoms with Gasteiger partial charge in [-0.1, -0.05) is 6.07 Å². The van der Waals surface area contributed by atoms with Gasteiger partial charge in [-0.3, -0.25) is 10.2 Å². The molecule has 2 aromatic rings. The molecule has 1 fully saturated rings. The lowest BCUT2D eigenvalue weighted by Crippen LogP contribution is -2.45. The Bertz CT molecular complexity index is 1410. The molecule has 0 bridgehead atoms. The van der Waals surface area contributed by atoms with Crippen molar-refractivity contribution in [1.29, 1.82) is 15.9 Å². The van der Waals surface area contributed by atoms with Gasteiger partial charge in [-0.25, -0.2) is 4.68 Å². The van der Waals surface area contributed by atoms with Crippen LogP contribution in [0, 0.1) is 28.1 Å². The van der Waals surface area contributed by atoms with E-state index in [0.717, 1.165) is 19.4 Å². The molecule has 1 amide bonds. The number of alkyl halides is 7. The highest BCUT2D eigenvalue weighted by molar-refractivity contribution is 6.05. The summed E-state index contributed by atoms with van der Waals surface area (Å²) >= 11 is 0. The van der Waals surface area contributed by atoms with Crippen molar-refractivity contribution in [2.24, 2.45) is 0 Å². The summed E-state index contributed by atoms with van der Waals surface area (Å²) in [5.41, 5.74) is -3.34. The normalized spacial score (nSPS) is 15.1. The summed E-state index contributed by atoms with van der Waals surface area (Å²) in [7, 11) is 2.40. The molecule has 0 saturated heterocycles. The van der Waals surface area contributed by atoms with Gasteiger partial charge in [-0.15, -0.1) is 0 Å². The van der Waals surface area contributed by atoms with Gasteiger partial charge in [-0.2, -0.15) is 46.4 Å². The first-order valence-electron chi connectivity index (χ1n) is 10.8. The molecule has 0 aliphatic heterocycles. The van der Waals surface area contributed by atoms with Crippen LogP contribution in [0.15, 0.2) is 36.4 Å². The standard InChI is InChI=1S/C23H18F7N7O2/c1-34-18(16(39-20(24)25)17(33)22(26,27)23(28,29)30)37-10-14(9-35-37)12-3-4-13(8-31)15(7-12)19(38)36(2)21(11-32)5-6-21/h3-4,7,9-10,20,33-34H,5-6H2,1-2H3/b18-16-,33-17?. The van der Waals surface area contributed by atoms with Gasteiger partial charge in [0.25, 0.3) is 5.91 Å². The molecule has 1 aliphatic rings. The smallest absolute Gasteiger partial charge is 0.429 e. The molecule has 1 heterocycles. The van der Waals surface area contributed by atoms with Gasteiger partial charge in [0.05, 0.1) is 29.5 Å². The number of hydrogen-bond acceptors (Lipinski definition) is 7. The fraction of sp³-hybridized carbons (Fsp3) is 0.348. The van der Waals surface area contributed by atoms with Crippen molar-refractivity contribution < 1.29 is 40.3 Å². The molecule has 9 nitrogen and oxygen atoms in total. The molecule has 39 heavy (non-hydrogen) atoms. The third kappa shape index (κ3) is 5.36. The molecule has 1 aromatic carbocycles. The number of carbonyl (C=O) groups is 1. The Morgan fingerprint density at radius 2 is 1.87 bits per heavy atom. The molecular formula is C23H18F7N7O2. The van der Waals surface area contributed by atoms with E-state index in [2.05, 4.69) is 21.2 Å².